The Morgan fingerprint density at radius 2 is 1.10 bits per heavy atom. The average Bonchev–Trinajstić information content (AvgIpc) is 3.40. The standard InChI is InChI=1S/C36H22N2O/c39-36-30-20-19-27(24-13-6-2-7-14-24)28-17-10-18-29(33(28)30)35-37-34-31(25-15-8-3-9-16-25)21-26(22-32(34)38(35)36)23-11-4-1-5-12-23/h1-22H. The van der Waals surface area contributed by atoms with Gasteiger partial charge < -0.3 is 0 Å². The number of hydrogen-bond donors (Lipinski definition) is 0. The van der Waals surface area contributed by atoms with Crippen LogP contribution in [0.5, 0.6) is 0 Å². The van der Waals surface area contributed by atoms with Crippen LogP contribution in [0.4, 0.5) is 0 Å². The van der Waals surface area contributed by atoms with E-state index in [4.69, 9.17) is 4.98 Å². The summed E-state index contributed by atoms with van der Waals surface area (Å²) in [5, 5.41) is 3.72. The Kier molecular flexibility index (Phi) is 4.67. The van der Waals surface area contributed by atoms with E-state index in [-0.39, 0.29) is 5.56 Å². The van der Waals surface area contributed by atoms with Crippen molar-refractivity contribution >= 4 is 38.2 Å². The largest absolute Gasteiger partial charge is 0.268 e. The first-order chi connectivity index (χ1) is 19.3. The summed E-state index contributed by atoms with van der Waals surface area (Å²) in [5.41, 5.74) is 8.80. The summed E-state index contributed by atoms with van der Waals surface area (Å²) >= 11 is 0. The van der Waals surface area contributed by atoms with Gasteiger partial charge in [0.1, 0.15) is 5.65 Å². The summed E-state index contributed by atoms with van der Waals surface area (Å²) in [7, 11) is 0. The quantitative estimate of drug-likeness (QED) is 0.244. The molecule has 8 aromatic rings. The van der Waals surface area contributed by atoms with Crippen LogP contribution in [0.15, 0.2) is 138 Å². The van der Waals surface area contributed by atoms with Crippen LogP contribution in [0.25, 0.3) is 71.6 Å². The van der Waals surface area contributed by atoms with Gasteiger partial charge in [0.25, 0.3) is 5.56 Å². The molecule has 0 N–H and O–H groups in total. The fourth-order valence-electron chi connectivity index (χ4n) is 5.96. The van der Waals surface area contributed by atoms with Crippen LogP contribution in [-0.2, 0) is 0 Å². The van der Waals surface area contributed by atoms with Crippen molar-refractivity contribution in [2.24, 2.45) is 0 Å². The number of rotatable bonds is 3. The molecule has 2 heterocycles. The van der Waals surface area contributed by atoms with Gasteiger partial charge in [-0.15, -0.1) is 0 Å². The number of benzene rings is 6. The molecule has 6 aromatic carbocycles. The fourth-order valence-corrected chi connectivity index (χ4v) is 5.96. The van der Waals surface area contributed by atoms with Crippen molar-refractivity contribution in [3.63, 3.8) is 0 Å². The maximum Gasteiger partial charge on any atom is 0.264 e. The molecule has 0 aliphatic rings. The van der Waals surface area contributed by atoms with Gasteiger partial charge in [0.2, 0.25) is 0 Å². The van der Waals surface area contributed by atoms with E-state index >= 15 is 0 Å². The van der Waals surface area contributed by atoms with Crippen molar-refractivity contribution in [2.75, 3.05) is 0 Å². The highest BCUT2D eigenvalue weighted by Gasteiger charge is 2.20. The number of imidazole rings is 1. The minimum atomic E-state index is -0.0416. The third-order valence-electron chi connectivity index (χ3n) is 7.75. The van der Waals surface area contributed by atoms with E-state index in [2.05, 4.69) is 72.8 Å². The molecule has 0 saturated heterocycles. The predicted molar refractivity (Wildman–Crippen MR) is 161 cm³/mol. The summed E-state index contributed by atoms with van der Waals surface area (Å²) in [6, 6.07) is 45.6. The lowest BCUT2D eigenvalue weighted by Crippen LogP contribution is -2.13. The smallest absolute Gasteiger partial charge is 0.264 e. The zero-order valence-electron chi connectivity index (χ0n) is 21.0. The van der Waals surface area contributed by atoms with Crippen LogP contribution in [0.3, 0.4) is 0 Å². The molecule has 39 heavy (non-hydrogen) atoms. The summed E-state index contributed by atoms with van der Waals surface area (Å²) in [6.45, 7) is 0. The predicted octanol–water partition coefficient (Wildman–Crippen LogP) is 8.59. The zero-order chi connectivity index (χ0) is 25.9. The van der Waals surface area contributed by atoms with E-state index in [0.29, 0.717) is 11.0 Å². The Morgan fingerprint density at radius 1 is 0.487 bits per heavy atom. The molecule has 0 aliphatic carbocycles. The molecule has 0 amide bonds. The minimum Gasteiger partial charge on any atom is -0.268 e. The third kappa shape index (κ3) is 3.23. The Bertz CT molecular complexity index is 2220. The maximum atomic E-state index is 14.2. The van der Waals surface area contributed by atoms with Crippen LogP contribution in [0.2, 0.25) is 0 Å². The van der Waals surface area contributed by atoms with Gasteiger partial charge in [-0.3, -0.25) is 9.20 Å². The second-order valence-corrected chi connectivity index (χ2v) is 9.95. The number of nitrogens with zero attached hydrogens (tertiary/aromatic N) is 2. The molecule has 0 radical (unpaired) electrons. The molecule has 8 rings (SSSR count). The van der Waals surface area contributed by atoms with Gasteiger partial charge in [-0.2, -0.15) is 0 Å². The Balaban J connectivity index is 1.54. The molecule has 0 aliphatic heterocycles. The van der Waals surface area contributed by atoms with Gasteiger partial charge in [0, 0.05) is 21.7 Å². The third-order valence-corrected chi connectivity index (χ3v) is 7.75. The lowest BCUT2D eigenvalue weighted by atomic mass is 9.94. The number of fused-ring (bicyclic) bond motifs is 4. The van der Waals surface area contributed by atoms with E-state index in [9.17, 15) is 4.79 Å². The lowest BCUT2D eigenvalue weighted by Gasteiger charge is -2.12. The van der Waals surface area contributed by atoms with Gasteiger partial charge in [-0.25, -0.2) is 4.98 Å². The Hall–Kier alpha value is -5.28. The highest BCUT2D eigenvalue weighted by molar-refractivity contribution is 6.19. The average molecular weight is 499 g/mol. The van der Waals surface area contributed by atoms with Crippen LogP contribution in [0.1, 0.15) is 0 Å². The minimum absolute atomic E-state index is 0.0416. The molecular formula is C36H22N2O. The lowest BCUT2D eigenvalue weighted by molar-refractivity contribution is 1.19. The Labute approximate surface area is 224 Å². The number of pyridine rings is 1. The monoisotopic (exact) mass is 498 g/mol. The van der Waals surface area contributed by atoms with Crippen LogP contribution in [-0.4, -0.2) is 9.38 Å². The Morgan fingerprint density at radius 3 is 1.79 bits per heavy atom. The van der Waals surface area contributed by atoms with Crippen molar-refractivity contribution in [3.8, 4) is 33.4 Å². The molecule has 0 atom stereocenters. The van der Waals surface area contributed by atoms with Crippen molar-refractivity contribution < 1.29 is 0 Å². The topological polar surface area (TPSA) is 34.4 Å². The van der Waals surface area contributed by atoms with E-state index in [1.165, 1.54) is 0 Å². The molecule has 0 saturated carbocycles. The van der Waals surface area contributed by atoms with Crippen molar-refractivity contribution in [3.05, 3.63) is 144 Å². The highest BCUT2D eigenvalue weighted by atomic mass is 16.1. The van der Waals surface area contributed by atoms with Crippen LogP contribution in [0, 0.1) is 0 Å². The summed E-state index contributed by atoms with van der Waals surface area (Å²) in [4.78, 5) is 19.4. The molecule has 0 unspecified atom stereocenters. The van der Waals surface area contributed by atoms with E-state index in [1.54, 1.807) is 0 Å². The van der Waals surface area contributed by atoms with E-state index < -0.39 is 0 Å². The SMILES string of the molecule is O=c1c2ccc(-c3ccccc3)c3cccc(c32)c2nc3c(-c4ccccc4)cc(-c4ccccc4)cc3n12. The number of aromatic nitrogens is 2. The van der Waals surface area contributed by atoms with Gasteiger partial charge in [0.15, 0.2) is 0 Å². The molecule has 0 spiro atoms. The molecule has 3 heteroatoms. The maximum absolute atomic E-state index is 14.2. The summed E-state index contributed by atoms with van der Waals surface area (Å²) in [5.74, 6) is 0. The molecule has 3 nitrogen and oxygen atoms in total. The zero-order valence-corrected chi connectivity index (χ0v) is 21.0. The summed E-state index contributed by atoms with van der Waals surface area (Å²) < 4.78 is 1.81. The van der Waals surface area contributed by atoms with Crippen molar-refractivity contribution in [2.45, 2.75) is 0 Å². The normalized spacial score (nSPS) is 11.7. The van der Waals surface area contributed by atoms with Crippen molar-refractivity contribution in [1.29, 1.82) is 0 Å². The van der Waals surface area contributed by atoms with Gasteiger partial charge in [-0.1, -0.05) is 115 Å². The molecule has 182 valence electrons. The second kappa shape index (κ2) is 8.37. The highest BCUT2D eigenvalue weighted by Crippen LogP contribution is 2.38. The van der Waals surface area contributed by atoms with Gasteiger partial charge in [-0.05, 0) is 51.4 Å². The van der Waals surface area contributed by atoms with E-state index in [0.717, 1.165) is 60.6 Å². The first-order valence-corrected chi connectivity index (χ1v) is 13.1. The fraction of sp³-hybridized carbons (Fsp3) is 0. The molecule has 0 bridgehead atoms. The van der Waals surface area contributed by atoms with E-state index in [1.807, 2.05) is 65.1 Å². The molecule has 2 aromatic heterocycles. The summed E-state index contributed by atoms with van der Waals surface area (Å²) in [6.07, 6.45) is 0. The van der Waals surface area contributed by atoms with Crippen LogP contribution >= 0.6 is 0 Å². The van der Waals surface area contributed by atoms with Crippen molar-refractivity contribution in [1.82, 2.24) is 9.38 Å². The van der Waals surface area contributed by atoms with Gasteiger partial charge >= 0.3 is 0 Å². The first kappa shape index (κ1) is 21.8. The van der Waals surface area contributed by atoms with Gasteiger partial charge in [0.05, 0.1) is 11.0 Å². The first-order valence-electron chi connectivity index (χ1n) is 13.1. The second-order valence-electron chi connectivity index (χ2n) is 9.95. The molecular weight excluding hydrogens is 476 g/mol. The van der Waals surface area contributed by atoms with Crippen LogP contribution < -0.4 is 5.56 Å². The number of hydrogen-bond acceptors (Lipinski definition) is 2. The molecule has 0 fully saturated rings.